The maximum Gasteiger partial charge on any atom is 0.307 e. The third-order valence-corrected chi connectivity index (χ3v) is 3.43. The summed E-state index contributed by atoms with van der Waals surface area (Å²) in [5, 5.41) is 9.06. The number of hydrogen-bond donors (Lipinski definition) is 1. The van der Waals surface area contributed by atoms with Gasteiger partial charge in [0.2, 0.25) is 0 Å². The topological polar surface area (TPSA) is 54.4 Å². The molecule has 0 aliphatic heterocycles. The predicted molar refractivity (Wildman–Crippen MR) is 80.3 cm³/mol. The molecule has 110 valence electrons. The molecule has 3 heteroatoms. The van der Waals surface area contributed by atoms with Crippen LogP contribution in [-0.2, 0) is 22.4 Å². The average molecular weight is 276 g/mol. The van der Waals surface area contributed by atoms with Gasteiger partial charge in [-0.3, -0.25) is 9.59 Å². The molecule has 0 spiro atoms. The van der Waals surface area contributed by atoms with Crippen molar-refractivity contribution in [3.8, 4) is 0 Å². The Hall–Kier alpha value is -1.64. The van der Waals surface area contributed by atoms with E-state index in [4.69, 9.17) is 5.11 Å². The van der Waals surface area contributed by atoms with Gasteiger partial charge in [0.15, 0.2) is 0 Å². The molecule has 3 nitrogen and oxygen atoms in total. The van der Waals surface area contributed by atoms with Crippen LogP contribution in [0, 0.1) is 0 Å². The number of ketones is 1. The smallest absolute Gasteiger partial charge is 0.307 e. The molecule has 0 aromatic heterocycles. The monoisotopic (exact) mass is 276 g/mol. The van der Waals surface area contributed by atoms with Gasteiger partial charge in [0.05, 0.1) is 6.42 Å². The summed E-state index contributed by atoms with van der Waals surface area (Å²) in [6.45, 7) is 9.82. The van der Waals surface area contributed by atoms with Crippen LogP contribution in [0.1, 0.15) is 68.7 Å². The molecule has 0 aliphatic carbocycles. The van der Waals surface area contributed by atoms with Gasteiger partial charge in [0.1, 0.15) is 5.78 Å². The van der Waals surface area contributed by atoms with E-state index in [-0.39, 0.29) is 24.0 Å². The number of carbonyl (C=O) groups is 2. The van der Waals surface area contributed by atoms with Gasteiger partial charge in [-0.2, -0.15) is 0 Å². The lowest BCUT2D eigenvalue weighted by atomic mass is 9.85. The van der Waals surface area contributed by atoms with Gasteiger partial charge in [0, 0.05) is 6.42 Å². The first-order chi connectivity index (χ1) is 9.22. The number of carboxylic acids is 1. The van der Waals surface area contributed by atoms with Gasteiger partial charge < -0.3 is 5.11 Å². The van der Waals surface area contributed by atoms with Crippen LogP contribution in [0.2, 0.25) is 0 Å². The van der Waals surface area contributed by atoms with Gasteiger partial charge >= 0.3 is 5.97 Å². The first-order valence-corrected chi connectivity index (χ1v) is 7.09. The summed E-state index contributed by atoms with van der Waals surface area (Å²) in [6.07, 6.45) is 0.453. The van der Waals surface area contributed by atoms with Gasteiger partial charge in [0.25, 0.3) is 0 Å². The number of carbonyl (C=O) groups excluding carboxylic acids is 1. The zero-order valence-corrected chi connectivity index (χ0v) is 13.0. The highest BCUT2D eigenvalue weighted by molar-refractivity contribution is 5.79. The van der Waals surface area contributed by atoms with Crippen LogP contribution in [0.25, 0.3) is 0 Å². The number of rotatable bonds is 6. The van der Waals surface area contributed by atoms with Crippen LogP contribution in [0.3, 0.4) is 0 Å². The van der Waals surface area contributed by atoms with Crippen molar-refractivity contribution >= 4 is 11.8 Å². The summed E-state index contributed by atoms with van der Waals surface area (Å²) in [4.78, 5) is 22.5. The zero-order valence-electron chi connectivity index (χ0n) is 13.0. The van der Waals surface area contributed by atoms with Crippen molar-refractivity contribution in [2.75, 3.05) is 0 Å². The number of carboxylic acid groups (broad SMARTS) is 1. The Morgan fingerprint density at radius 1 is 0.950 bits per heavy atom. The number of Topliss-reactive ketones (excluding diaryl/α,β-unsaturated/α-hetero) is 1. The van der Waals surface area contributed by atoms with Gasteiger partial charge in [-0.1, -0.05) is 39.8 Å². The molecule has 1 rings (SSSR count). The molecule has 0 fully saturated rings. The van der Waals surface area contributed by atoms with Crippen molar-refractivity contribution in [2.45, 2.75) is 59.3 Å². The Morgan fingerprint density at radius 2 is 1.35 bits per heavy atom. The lowest BCUT2D eigenvalue weighted by molar-refractivity contribution is -0.136. The maximum absolute atomic E-state index is 11.4. The highest BCUT2D eigenvalue weighted by atomic mass is 16.4. The third-order valence-electron chi connectivity index (χ3n) is 3.43. The molecular weight excluding hydrogens is 252 g/mol. The highest BCUT2D eigenvalue weighted by Gasteiger charge is 2.17. The van der Waals surface area contributed by atoms with Crippen molar-refractivity contribution in [2.24, 2.45) is 0 Å². The normalized spacial score (nSPS) is 11.2. The van der Waals surface area contributed by atoms with E-state index in [2.05, 4.69) is 13.8 Å². The fraction of sp³-hybridized carbons (Fsp3) is 0.529. The van der Waals surface area contributed by atoms with E-state index in [1.165, 1.54) is 0 Å². The molecule has 1 aromatic carbocycles. The third kappa shape index (κ3) is 4.19. The minimum atomic E-state index is -0.819. The van der Waals surface area contributed by atoms with Gasteiger partial charge in [-0.15, -0.1) is 0 Å². The molecule has 20 heavy (non-hydrogen) atoms. The summed E-state index contributed by atoms with van der Waals surface area (Å²) in [7, 11) is 0. The van der Waals surface area contributed by atoms with E-state index in [1.54, 1.807) is 6.92 Å². The second-order valence-electron chi connectivity index (χ2n) is 6.01. The van der Waals surface area contributed by atoms with Crippen LogP contribution in [0.5, 0.6) is 0 Å². The first kappa shape index (κ1) is 16.4. The van der Waals surface area contributed by atoms with Crippen LogP contribution in [0.4, 0.5) is 0 Å². The summed E-state index contributed by atoms with van der Waals surface area (Å²) < 4.78 is 0. The molecule has 0 bridgehead atoms. The molecule has 0 atom stereocenters. The molecule has 0 radical (unpaired) electrons. The lowest BCUT2D eigenvalue weighted by Gasteiger charge is -2.19. The van der Waals surface area contributed by atoms with E-state index < -0.39 is 5.97 Å². The Bertz CT molecular complexity index is 465. The highest BCUT2D eigenvalue weighted by Crippen LogP contribution is 2.29. The van der Waals surface area contributed by atoms with Crippen molar-refractivity contribution < 1.29 is 14.7 Å². The van der Waals surface area contributed by atoms with E-state index in [1.807, 2.05) is 26.0 Å². The van der Waals surface area contributed by atoms with Gasteiger partial charge in [-0.25, -0.2) is 0 Å². The van der Waals surface area contributed by atoms with Crippen molar-refractivity contribution in [3.05, 3.63) is 34.4 Å². The van der Waals surface area contributed by atoms with E-state index in [0.29, 0.717) is 6.42 Å². The maximum atomic E-state index is 11.4. The molecule has 0 amide bonds. The number of benzene rings is 1. The number of hydrogen-bond acceptors (Lipinski definition) is 2. The van der Waals surface area contributed by atoms with E-state index in [0.717, 1.165) is 22.3 Å². The Kier molecular flexibility index (Phi) is 5.49. The summed E-state index contributed by atoms with van der Waals surface area (Å²) in [5.74, 6) is -0.164. The van der Waals surface area contributed by atoms with Crippen molar-refractivity contribution in [1.29, 1.82) is 0 Å². The minimum absolute atomic E-state index is 0.0353. The first-order valence-electron chi connectivity index (χ1n) is 7.09. The summed E-state index contributed by atoms with van der Waals surface area (Å²) in [6, 6.07) is 4.01. The molecule has 1 aromatic rings. The summed E-state index contributed by atoms with van der Waals surface area (Å²) >= 11 is 0. The molecule has 0 heterocycles. The fourth-order valence-electron chi connectivity index (χ4n) is 2.54. The van der Waals surface area contributed by atoms with Crippen molar-refractivity contribution in [1.82, 2.24) is 0 Å². The minimum Gasteiger partial charge on any atom is -0.481 e. The largest absolute Gasteiger partial charge is 0.481 e. The lowest BCUT2D eigenvalue weighted by Crippen LogP contribution is -2.10. The molecule has 0 unspecified atom stereocenters. The van der Waals surface area contributed by atoms with Crippen LogP contribution < -0.4 is 0 Å². The van der Waals surface area contributed by atoms with Gasteiger partial charge in [-0.05, 0) is 41.0 Å². The SMILES string of the molecule is CC(=O)Cc1cc(C(C)C)c(CC(=O)O)cc1C(C)C. The molecule has 0 saturated heterocycles. The standard InChI is InChI=1S/C17H24O3/c1-10(2)15-8-14(9-17(19)20)16(11(3)4)7-13(15)6-12(5)18/h7-8,10-11H,6,9H2,1-5H3,(H,19,20). The Morgan fingerprint density at radius 3 is 1.65 bits per heavy atom. The predicted octanol–water partition coefficient (Wildman–Crippen LogP) is 3.69. The van der Waals surface area contributed by atoms with Crippen LogP contribution in [0.15, 0.2) is 12.1 Å². The molecule has 0 saturated carbocycles. The number of aliphatic carboxylic acids is 1. The van der Waals surface area contributed by atoms with Crippen molar-refractivity contribution in [3.63, 3.8) is 0 Å². The van der Waals surface area contributed by atoms with Crippen LogP contribution in [-0.4, -0.2) is 16.9 Å². The van der Waals surface area contributed by atoms with E-state index >= 15 is 0 Å². The second kappa shape index (κ2) is 6.69. The quantitative estimate of drug-likeness (QED) is 0.862. The summed E-state index contributed by atoms with van der Waals surface area (Å²) in [5.41, 5.74) is 4.02. The van der Waals surface area contributed by atoms with Crippen LogP contribution >= 0.6 is 0 Å². The molecule has 1 N–H and O–H groups in total. The Labute approximate surface area is 121 Å². The average Bonchev–Trinajstić information content (AvgIpc) is 2.28. The Balaban J connectivity index is 3.41. The fourth-order valence-corrected chi connectivity index (χ4v) is 2.54. The second-order valence-corrected chi connectivity index (χ2v) is 6.01. The zero-order chi connectivity index (χ0) is 15.4. The molecular formula is C17H24O3. The molecule has 0 aliphatic rings. The van der Waals surface area contributed by atoms with E-state index in [9.17, 15) is 9.59 Å².